The van der Waals surface area contributed by atoms with Crippen LogP contribution in [0.5, 0.6) is 0 Å². The molecular weight excluding hydrogens is 404 g/mol. The molecule has 0 spiro atoms. The van der Waals surface area contributed by atoms with E-state index in [-0.39, 0.29) is 23.1 Å². The molecule has 0 aliphatic carbocycles. The van der Waals surface area contributed by atoms with Crippen molar-refractivity contribution < 1.29 is 9.59 Å². The number of fused-ring (bicyclic) bond motifs is 1. The molecule has 7 nitrogen and oxygen atoms in total. The average molecular weight is 433 g/mol. The summed E-state index contributed by atoms with van der Waals surface area (Å²) < 4.78 is 1.36. The van der Waals surface area contributed by atoms with Crippen LogP contribution in [0.3, 0.4) is 0 Å². The van der Waals surface area contributed by atoms with Crippen molar-refractivity contribution in [2.45, 2.75) is 45.7 Å². The first-order valence-electron chi connectivity index (χ1n) is 11.2. The van der Waals surface area contributed by atoms with E-state index in [4.69, 9.17) is 0 Å². The van der Waals surface area contributed by atoms with Crippen molar-refractivity contribution >= 4 is 22.6 Å². The number of aromatic nitrogens is 2. The van der Waals surface area contributed by atoms with Crippen molar-refractivity contribution in [1.82, 2.24) is 20.0 Å². The van der Waals surface area contributed by atoms with Gasteiger partial charge in [0.1, 0.15) is 0 Å². The van der Waals surface area contributed by atoms with E-state index in [2.05, 4.69) is 10.4 Å². The van der Waals surface area contributed by atoms with Crippen LogP contribution in [0.2, 0.25) is 0 Å². The molecule has 1 aromatic heterocycles. The molecule has 32 heavy (non-hydrogen) atoms. The molecule has 0 unspecified atom stereocenters. The summed E-state index contributed by atoms with van der Waals surface area (Å²) in [7, 11) is 0. The SMILES string of the molecule is CCCn1nc(C(=O)NCc2ccc(C(=O)N3CCCCC3)cc2)c2ccccc2c1=O. The summed E-state index contributed by atoms with van der Waals surface area (Å²) in [5.74, 6) is -0.270. The summed E-state index contributed by atoms with van der Waals surface area (Å²) in [6.07, 6.45) is 4.05. The van der Waals surface area contributed by atoms with E-state index in [0.717, 1.165) is 37.9 Å². The van der Waals surface area contributed by atoms with Gasteiger partial charge in [-0.3, -0.25) is 14.4 Å². The molecule has 166 valence electrons. The molecule has 1 aliphatic rings. The summed E-state index contributed by atoms with van der Waals surface area (Å²) in [5.41, 5.74) is 1.61. The minimum Gasteiger partial charge on any atom is -0.347 e. The van der Waals surface area contributed by atoms with E-state index >= 15 is 0 Å². The molecule has 2 aromatic carbocycles. The van der Waals surface area contributed by atoms with Gasteiger partial charge < -0.3 is 10.2 Å². The molecular formula is C25H28N4O3. The van der Waals surface area contributed by atoms with Crippen LogP contribution < -0.4 is 10.9 Å². The summed E-state index contributed by atoms with van der Waals surface area (Å²) in [6, 6.07) is 14.4. The second-order valence-electron chi connectivity index (χ2n) is 8.15. The second kappa shape index (κ2) is 9.77. The van der Waals surface area contributed by atoms with Gasteiger partial charge in [-0.05, 0) is 49.4 Å². The highest BCUT2D eigenvalue weighted by Gasteiger charge is 2.19. The molecule has 1 fully saturated rings. The lowest BCUT2D eigenvalue weighted by atomic mass is 10.1. The van der Waals surface area contributed by atoms with Crippen molar-refractivity contribution in [3.8, 4) is 0 Å². The lowest BCUT2D eigenvalue weighted by molar-refractivity contribution is 0.0724. The first-order chi connectivity index (χ1) is 15.6. The van der Waals surface area contributed by atoms with Gasteiger partial charge in [0.05, 0.1) is 5.39 Å². The van der Waals surface area contributed by atoms with Crippen molar-refractivity contribution in [2.75, 3.05) is 13.1 Å². The Morgan fingerprint density at radius 3 is 2.34 bits per heavy atom. The van der Waals surface area contributed by atoms with Crippen molar-refractivity contribution in [2.24, 2.45) is 0 Å². The Labute approximate surface area is 187 Å². The molecule has 4 rings (SSSR count). The highest BCUT2D eigenvalue weighted by Crippen LogP contribution is 2.15. The van der Waals surface area contributed by atoms with Gasteiger partial charge in [-0.15, -0.1) is 0 Å². The predicted molar refractivity (Wildman–Crippen MR) is 124 cm³/mol. The fourth-order valence-electron chi connectivity index (χ4n) is 4.08. The quantitative estimate of drug-likeness (QED) is 0.647. The number of likely N-dealkylation sites (tertiary alicyclic amines) is 1. The fourth-order valence-corrected chi connectivity index (χ4v) is 4.08. The van der Waals surface area contributed by atoms with Gasteiger partial charge in [0.25, 0.3) is 17.4 Å². The molecule has 0 saturated carbocycles. The molecule has 0 bridgehead atoms. The third kappa shape index (κ3) is 4.56. The zero-order valence-corrected chi connectivity index (χ0v) is 18.3. The van der Waals surface area contributed by atoms with Crippen LogP contribution >= 0.6 is 0 Å². The molecule has 0 atom stereocenters. The number of piperidine rings is 1. The Morgan fingerprint density at radius 1 is 0.969 bits per heavy atom. The third-order valence-electron chi connectivity index (χ3n) is 5.82. The van der Waals surface area contributed by atoms with E-state index in [1.54, 1.807) is 24.3 Å². The van der Waals surface area contributed by atoms with Crippen molar-refractivity contribution in [3.63, 3.8) is 0 Å². The number of carbonyl (C=O) groups is 2. The number of aryl methyl sites for hydroxylation is 1. The maximum atomic E-state index is 12.9. The largest absolute Gasteiger partial charge is 0.347 e. The lowest BCUT2D eigenvalue weighted by Crippen LogP contribution is -2.35. The van der Waals surface area contributed by atoms with Crippen LogP contribution in [0.25, 0.3) is 10.8 Å². The van der Waals surface area contributed by atoms with Gasteiger partial charge >= 0.3 is 0 Å². The van der Waals surface area contributed by atoms with E-state index in [1.807, 2.05) is 36.1 Å². The molecule has 7 heteroatoms. The molecule has 0 radical (unpaired) electrons. The molecule has 1 aliphatic heterocycles. The molecule has 2 amide bonds. The molecule has 1 N–H and O–H groups in total. The Kier molecular flexibility index (Phi) is 6.63. The summed E-state index contributed by atoms with van der Waals surface area (Å²) in [6.45, 7) is 4.36. The number of nitrogens with one attached hydrogen (secondary N) is 1. The van der Waals surface area contributed by atoms with Gasteiger partial charge in [-0.2, -0.15) is 5.10 Å². The number of rotatable bonds is 6. The second-order valence-corrected chi connectivity index (χ2v) is 8.15. The van der Waals surface area contributed by atoms with Crippen molar-refractivity contribution in [3.05, 3.63) is 75.7 Å². The normalized spacial score (nSPS) is 13.8. The number of hydrogen-bond acceptors (Lipinski definition) is 4. The maximum absolute atomic E-state index is 12.9. The van der Waals surface area contributed by atoms with Crippen LogP contribution in [0, 0.1) is 0 Å². The fraction of sp³-hybridized carbons (Fsp3) is 0.360. The van der Waals surface area contributed by atoms with Crippen LogP contribution in [0.1, 0.15) is 59.0 Å². The first kappa shape index (κ1) is 21.7. The van der Waals surface area contributed by atoms with E-state index in [9.17, 15) is 14.4 Å². The van der Waals surface area contributed by atoms with E-state index in [0.29, 0.717) is 29.4 Å². The molecule has 3 aromatic rings. The van der Waals surface area contributed by atoms with E-state index in [1.165, 1.54) is 11.1 Å². The lowest BCUT2D eigenvalue weighted by Gasteiger charge is -2.26. The van der Waals surface area contributed by atoms with Gasteiger partial charge in [0, 0.05) is 37.1 Å². The van der Waals surface area contributed by atoms with E-state index < -0.39 is 0 Å². The number of nitrogens with zero attached hydrogens (tertiary/aromatic N) is 3. The maximum Gasteiger partial charge on any atom is 0.274 e. The number of hydrogen-bond donors (Lipinski definition) is 1. The smallest absolute Gasteiger partial charge is 0.274 e. The van der Waals surface area contributed by atoms with Crippen LogP contribution in [0.4, 0.5) is 0 Å². The minimum atomic E-state index is -0.334. The Morgan fingerprint density at radius 2 is 1.66 bits per heavy atom. The Balaban J connectivity index is 1.48. The molecule has 2 heterocycles. The summed E-state index contributed by atoms with van der Waals surface area (Å²) >= 11 is 0. The zero-order valence-electron chi connectivity index (χ0n) is 18.3. The highest BCUT2D eigenvalue weighted by atomic mass is 16.2. The standard InChI is InChI=1S/C25H28N4O3/c1-2-14-29-25(32)21-9-5-4-8-20(21)22(27-29)23(30)26-17-18-10-12-19(13-11-18)24(31)28-15-6-3-7-16-28/h4-5,8-13H,2-3,6-7,14-17H2,1H3,(H,26,30). The zero-order chi connectivity index (χ0) is 22.5. The van der Waals surface area contributed by atoms with Gasteiger partial charge in [-0.25, -0.2) is 4.68 Å². The summed E-state index contributed by atoms with van der Waals surface area (Å²) in [5, 5.41) is 8.26. The predicted octanol–water partition coefficient (Wildman–Crippen LogP) is 3.36. The number of benzene rings is 2. The Bertz CT molecular complexity index is 1180. The topological polar surface area (TPSA) is 84.3 Å². The third-order valence-corrected chi connectivity index (χ3v) is 5.82. The monoisotopic (exact) mass is 432 g/mol. The van der Waals surface area contributed by atoms with Gasteiger partial charge in [-0.1, -0.05) is 37.3 Å². The van der Waals surface area contributed by atoms with Crippen molar-refractivity contribution in [1.29, 1.82) is 0 Å². The van der Waals surface area contributed by atoms with Gasteiger partial charge in [0.15, 0.2) is 5.69 Å². The summed E-state index contributed by atoms with van der Waals surface area (Å²) in [4.78, 5) is 40.1. The van der Waals surface area contributed by atoms with Crippen LogP contribution in [-0.4, -0.2) is 39.6 Å². The highest BCUT2D eigenvalue weighted by molar-refractivity contribution is 6.04. The average Bonchev–Trinajstić information content (AvgIpc) is 2.85. The van der Waals surface area contributed by atoms with Crippen LogP contribution in [0.15, 0.2) is 53.3 Å². The Hall–Kier alpha value is -3.48. The minimum absolute atomic E-state index is 0.0640. The number of carbonyl (C=O) groups excluding carboxylic acids is 2. The van der Waals surface area contributed by atoms with Gasteiger partial charge in [0.2, 0.25) is 0 Å². The first-order valence-corrected chi connectivity index (χ1v) is 11.2. The molecule has 1 saturated heterocycles. The number of amides is 2. The van der Waals surface area contributed by atoms with Crippen LogP contribution in [-0.2, 0) is 13.1 Å².